The highest BCUT2D eigenvalue weighted by atomic mass is 19.1. The summed E-state index contributed by atoms with van der Waals surface area (Å²) in [5.41, 5.74) is 1.74. The van der Waals surface area contributed by atoms with Crippen LogP contribution in [0.3, 0.4) is 0 Å². The molecule has 0 radical (unpaired) electrons. The summed E-state index contributed by atoms with van der Waals surface area (Å²) < 4.78 is 23.5. The molecular formula is C18H21FN2O3. The smallest absolute Gasteiger partial charge is 0.315 e. The number of hydrogen-bond donors (Lipinski definition) is 2. The van der Waals surface area contributed by atoms with Gasteiger partial charge in [-0.25, -0.2) is 9.18 Å². The molecule has 5 nitrogen and oxygen atoms in total. The summed E-state index contributed by atoms with van der Waals surface area (Å²) in [7, 11) is 3.13. The van der Waals surface area contributed by atoms with E-state index in [1.54, 1.807) is 26.4 Å². The predicted molar refractivity (Wildman–Crippen MR) is 89.9 cm³/mol. The van der Waals surface area contributed by atoms with Gasteiger partial charge in [0, 0.05) is 13.1 Å². The molecular weight excluding hydrogens is 311 g/mol. The van der Waals surface area contributed by atoms with Gasteiger partial charge in [-0.3, -0.25) is 0 Å². The van der Waals surface area contributed by atoms with Crippen molar-refractivity contribution in [3.63, 3.8) is 0 Å². The van der Waals surface area contributed by atoms with Crippen molar-refractivity contribution in [3.8, 4) is 11.5 Å². The number of carbonyl (C=O) groups is 1. The highest BCUT2D eigenvalue weighted by molar-refractivity contribution is 5.73. The molecule has 0 saturated heterocycles. The zero-order valence-electron chi connectivity index (χ0n) is 13.8. The monoisotopic (exact) mass is 332 g/mol. The molecule has 0 saturated carbocycles. The van der Waals surface area contributed by atoms with Crippen LogP contribution in [0.2, 0.25) is 0 Å². The van der Waals surface area contributed by atoms with Crippen LogP contribution in [0.4, 0.5) is 9.18 Å². The second-order valence-electron chi connectivity index (χ2n) is 5.18. The van der Waals surface area contributed by atoms with E-state index in [4.69, 9.17) is 9.47 Å². The largest absolute Gasteiger partial charge is 0.493 e. The Hall–Kier alpha value is -2.76. The average molecular weight is 332 g/mol. The van der Waals surface area contributed by atoms with Gasteiger partial charge in [0.05, 0.1) is 14.2 Å². The summed E-state index contributed by atoms with van der Waals surface area (Å²) in [6.07, 6.45) is 0.571. The molecule has 0 fully saturated rings. The molecule has 2 rings (SSSR count). The second-order valence-corrected chi connectivity index (χ2v) is 5.18. The van der Waals surface area contributed by atoms with Crippen molar-refractivity contribution in [1.82, 2.24) is 10.6 Å². The van der Waals surface area contributed by atoms with E-state index in [0.717, 1.165) is 11.1 Å². The molecule has 0 unspecified atom stereocenters. The van der Waals surface area contributed by atoms with Crippen molar-refractivity contribution >= 4 is 6.03 Å². The summed E-state index contributed by atoms with van der Waals surface area (Å²) in [5, 5.41) is 5.51. The van der Waals surface area contributed by atoms with Crippen LogP contribution in [0, 0.1) is 5.82 Å². The van der Waals surface area contributed by atoms with E-state index in [2.05, 4.69) is 10.6 Å². The average Bonchev–Trinajstić information content (AvgIpc) is 2.59. The first-order chi connectivity index (χ1) is 11.6. The number of halogens is 1. The number of benzene rings is 2. The fraction of sp³-hybridized carbons (Fsp3) is 0.278. The zero-order valence-corrected chi connectivity index (χ0v) is 13.8. The lowest BCUT2D eigenvalue weighted by Gasteiger charge is -2.11. The normalized spacial score (nSPS) is 10.1. The molecule has 0 bridgehead atoms. The fourth-order valence-electron chi connectivity index (χ4n) is 2.25. The maximum absolute atomic E-state index is 13.1. The lowest BCUT2D eigenvalue weighted by molar-refractivity contribution is 0.240. The summed E-state index contributed by atoms with van der Waals surface area (Å²) in [6.45, 7) is 0.799. The highest BCUT2D eigenvalue weighted by Gasteiger charge is 2.06. The van der Waals surface area contributed by atoms with Crippen LogP contribution in [0.25, 0.3) is 0 Å². The van der Waals surface area contributed by atoms with Gasteiger partial charge in [-0.15, -0.1) is 0 Å². The Bertz CT molecular complexity index is 692. The molecule has 0 aromatic heterocycles. The van der Waals surface area contributed by atoms with Gasteiger partial charge in [0.15, 0.2) is 11.5 Å². The molecule has 0 aliphatic heterocycles. The fourth-order valence-corrected chi connectivity index (χ4v) is 2.25. The molecule has 0 aliphatic rings. The Morgan fingerprint density at radius 2 is 1.79 bits per heavy atom. The number of carbonyl (C=O) groups excluding carboxylic acids is 1. The first-order valence-corrected chi connectivity index (χ1v) is 7.59. The van der Waals surface area contributed by atoms with Gasteiger partial charge in [-0.2, -0.15) is 0 Å². The predicted octanol–water partition coefficient (Wildman–Crippen LogP) is 2.88. The van der Waals surface area contributed by atoms with Crippen LogP contribution in [-0.2, 0) is 13.0 Å². The molecule has 2 aromatic carbocycles. The number of rotatable bonds is 7. The van der Waals surface area contributed by atoms with E-state index in [1.165, 1.54) is 12.1 Å². The first kappa shape index (κ1) is 17.6. The molecule has 0 heterocycles. The Labute approximate surface area is 140 Å². The molecule has 0 spiro atoms. The highest BCUT2D eigenvalue weighted by Crippen LogP contribution is 2.27. The van der Waals surface area contributed by atoms with Crippen molar-refractivity contribution < 1.29 is 18.7 Å². The van der Waals surface area contributed by atoms with Gasteiger partial charge in [-0.05, 0) is 41.8 Å². The van der Waals surface area contributed by atoms with E-state index >= 15 is 0 Å². The Morgan fingerprint density at radius 3 is 2.50 bits per heavy atom. The summed E-state index contributed by atoms with van der Waals surface area (Å²) in [4.78, 5) is 11.8. The van der Waals surface area contributed by atoms with Crippen LogP contribution in [0.1, 0.15) is 11.1 Å². The molecule has 24 heavy (non-hydrogen) atoms. The number of nitrogens with one attached hydrogen (secondary N) is 2. The second kappa shape index (κ2) is 8.76. The molecule has 128 valence electrons. The van der Waals surface area contributed by atoms with Crippen molar-refractivity contribution in [2.24, 2.45) is 0 Å². The standard InChI is InChI=1S/C18H21FN2O3/c1-23-16-7-6-14(11-17(16)24-2)12-21-18(22)20-9-8-13-4-3-5-15(19)10-13/h3-7,10-11H,8-9,12H2,1-2H3,(H2,20,21,22). The molecule has 2 aromatic rings. The number of amides is 2. The number of ether oxygens (including phenoxy) is 2. The minimum atomic E-state index is -0.277. The summed E-state index contributed by atoms with van der Waals surface area (Å²) in [5.74, 6) is 0.981. The van der Waals surface area contributed by atoms with Crippen LogP contribution in [0.5, 0.6) is 11.5 Å². The molecule has 0 aliphatic carbocycles. The van der Waals surface area contributed by atoms with Gasteiger partial charge in [0.25, 0.3) is 0 Å². The molecule has 2 amide bonds. The van der Waals surface area contributed by atoms with Crippen LogP contribution < -0.4 is 20.1 Å². The number of methoxy groups -OCH3 is 2. The lowest BCUT2D eigenvalue weighted by Crippen LogP contribution is -2.36. The minimum absolute atomic E-state index is 0.273. The lowest BCUT2D eigenvalue weighted by atomic mass is 10.1. The van der Waals surface area contributed by atoms with Gasteiger partial charge in [-0.1, -0.05) is 18.2 Å². The van der Waals surface area contributed by atoms with Gasteiger partial charge in [0.1, 0.15) is 5.82 Å². The van der Waals surface area contributed by atoms with E-state index in [9.17, 15) is 9.18 Å². The summed E-state index contributed by atoms with van der Waals surface area (Å²) >= 11 is 0. The maximum Gasteiger partial charge on any atom is 0.315 e. The van der Waals surface area contributed by atoms with Crippen molar-refractivity contribution in [1.29, 1.82) is 0 Å². The van der Waals surface area contributed by atoms with E-state index in [1.807, 2.05) is 18.2 Å². The van der Waals surface area contributed by atoms with Crippen molar-refractivity contribution in [2.45, 2.75) is 13.0 Å². The number of urea groups is 1. The quantitative estimate of drug-likeness (QED) is 0.820. The van der Waals surface area contributed by atoms with E-state index in [-0.39, 0.29) is 11.8 Å². The Balaban J connectivity index is 1.77. The third-order valence-electron chi connectivity index (χ3n) is 3.49. The van der Waals surface area contributed by atoms with Crippen molar-refractivity contribution in [2.75, 3.05) is 20.8 Å². The topological polar surface area (TPSA) is 59.6 Å². The van der Waals surface area contributed by atoms with Gasteiger partial charge >= 0.3 is 6.03 Å². The van der Waals surface area contributed by atoms with Gasteiger partial charge in [0.2, 0.25) is 0 Å². The molecule has 0 atom stereocenters. The molecule has 6 heteroatoms. The SMILES string of the molecule is COc1ccc(CNC(=O)NCCc2cccc(F)c2)cc1OC. The van der Waals surface area contributed by atoms with Gasteiger partial charge < -0.3 is 20.1 Å². The minimum Gasteiger partial charge on any atom is -0.493 e. The van der Waals surface area contributed by atoms with E-state index < -0.39 is 0 Å². The van der Waals surface area contributed by atoms with Crippen molar-refractivity contribution in [3.05, 3.63) is 59.4 Å². The zero-order chi connectivity index (χ0) is 17.4. The van der Waals surface area contributed by atoms with Crippen LogP contribution >= 0.6 is 0 Å². The maximum atomic E-state index is 13.1. The summed E-state index contributed by atoms with van der Waals surface area (Å²) in [6, 6.07) is 11.5. The Kier molecular flexibility index (Phi) is 6.42. The molecule has 2 N–H and O–H groups in total. The third-order valence-corrected chi connectivity index (χ3v) is 3.49. The van der Waals surface area contributed by atoms with Crippen LogP contribution in [0.15, 0.2) is 42.5 Å². The Morgan fingerprint density at radius 1 is 1.00 bits per heavy atom. The number of hydrogen-bond acceptors (Lipinski definition) is 3. The first-order valence-electron chi connectivity index (χ1n) is 7.59. The van der Waals surface area contributed by atoms with Crippen LogP contribution in [-0.4, -0.2) is 26.8 Å². The third kappa shape index (κ3) is 5.15. The van der Waals surface area contributed by atoms with E-state index in [0.29, 0.717) is 31.0 Å².